The molecule has 36 heavy (non-hydrogen) atoms. The van der Waals surface area contributed by atoms with Crippen LogP contribution in [0, 0.1) is 24.1 Å². The Morgan fingerprint density at radius 3 is 2.03 bits per heavy atom. The van der Waals surface area contributed by atoms with Crippen molar-refractivity contribution in [2.45, 2.75) is 124 Å². The Bertz CT molecular complexity index is 859. The molecule has 206 valence electrons. The van der Waals surface area contributed by atoms with E-state index in [-0.39, 0.29) is 18.0 Å². The summed E-state index contributed by atoms with van der Waals surface area (Å²) in [5, 5.41) is 10.3. The maximum absolute atomic E-state index is 14.2. The first-order valence-electron chi connectivity index (χ1n) is 13.2. The molecule has 0 aliphatic heterocycles. The molecule has 1 aromatic rings. The van der Waals surface area contributed by atoms with Crippen LogP contribution >= 0.6 is 0 Å². The van der Waals surface area contributed by atoms with E-state index in [1.54, 1.807) is 6.92 Å². The zero-order valence-electron chi connectivity index (χ0n) is 23.1. The molecule has 2 aliphatic carbocycles. The van der Waals surface area contributed by atoms with Crippen molar-refractivity contribution in [2.75, 3.05) is 0 Å². The first-order valence-corrected chi connectivity index (χ1v) is 13.2. The number of rotatable bonds is 7. The highest BCUT2D eigenvalue weighted by Crippen LogP contribution is 2.43. The molecule has 0 saturated heterocycles. The van der Waals surface area contributed by atoms with Crippen LogP contribution in [0.25, 0.3) is 0 Å². The van der Waals surface area contributed by atoms with E-state index in [4.69, 9.17) is 0 Å². The van der Waals surface area contributed by atoms with Crippen LogP contribution in [0.5, 0.6) is 0 Å². The zero-order valence-corrected chi connectivity index (χ0v) is 23.1. The number of aliphatic hydroxyl groups is 1. The van der Waals surface area contributed by atoms with E-state index in [0.29, 0.717) is 11.3 Å². The molecular weight excluding hydrogens is 470 g/mol. The Balaban J connectivity index is 0.000000323. The fraction of sp³-hybridized carbons (Fsp3) is 0.724. The van der Waals surface area contributed by atoms with Gasteiger partial charge in [-0.3, -0.25) is 9.79 Å². The number of ketones is 1. The molecule has 2 fully saturated rings. The number of hydrogen-bond acceptors (Lipinski definition) is 3. The van der Waals surface area contributed by atoms with Crippen LogP contribution in [0.4, 0.5) is 23.2 Å². The summed E-state index contributed by atoms with van der Waals surface area (Å²) in [6, 6.07) is 3.32. The molecule has 0 atom stereocenters. The highest BCUT2D eigenvalue weighted by atomic mass is 19.4. The number of aryl methyl sites for hydroxylation is 1. The van der Waals surface area contributed by atoms with Gasteiger partial charge in [0, 0.05) is 18.6 Å². The minimum Gasteiger partial charge on any atom is -0.385 e. The second kappa shape index (κ2) is 13.7. The van der Waals surface area contributed by atoms with Gasteiger partial charge in [0.05, 0.1) is 11.0 Å². The molecule has 0 unspecified atom stereocenters. The lowest BCUT2D eigenvalue weighted by Crippen LogP contribution is -2.34. The summed E-state index contributed by atoms with van der Waals surface area (Å²) in [6.07, 6.45) is 4.25. The average molecular weight is 516 g/mol. The molecule has 0 spiro atoms. The van der Waals surface area contributed by atoms with Crippen molar-refractivity contribution in [3.8, 4) is 0 Å². The third-order valence-corrected chi connectivity index (χ3v) is 7.08. The predicted molar refractivity (Wildman–Crippen MR) is 139 cm³/mol. The summed E-state index contributed by atoms with van der Waals surface area (Å²) >= 11 is 0. The van der Waals surface area contributed by atoms with E-state index >= 15 is 0 Å². The molecule has 3 rings (SSSR count). The zero-order chi connectivity index (χ0) is 27.7. The van der Waals surface area contributed by atoms with Gasteiger partial charge in [-0.05, 0) is 62.6 Å². The van der Waals surface area contributed by atoms with Gasteiger partial charge in [-0.15, -0.1) is 0 Å². The van der Waals surface area contributed by atoms with Crippen LogP contribution in [0.3, 0.4) is 0 Å². The smallest absolute Gasteiger partial charge is 0.385 e. The number of alkyl halides is 3. The van der Waals surface area contributed by atoms with E-state index in [9.17, 15) is 27.5 Å². The fourth-order valence-corrected chi connectivity index (χ4v) is 3.89. The molecule has 0 bridgehead atoms. The molecule has 3 nitrogen and oxygen atoms in total. The van der Waals surface area contributed by atoms with Crippen molar-refractivity contribution in [1.29, 1.82) is 0 Å². The highest BCUT2D eigenvalue weighted by molar-refractivity contribution is 5.85. The number of carbonyl (C=O) groups excluding carboxylic acids is 1. The third kappa shape index (κ3) is 9.60. The Labute approximate surface area is 214 Å². The number of hydrogen-bond donors (Lipinski definition) is 1. The van der Waals surface area contributed by atoms with E-state index in [1.807, 2.05) is 19.9 Å². The van der Waals surface area contributed by atoms with Gasteiger partial charge in [0.25, 0.3) is 0 Å². The Kier molecular flexibility index (Phi) is 12.3. The molecule has 2 aliphatic rings. The summed E-state index contributed by atoms with van der Waals surface area (Å²) in [6.45, 7) is 11.8. The van der Waals surface area contributed by atoms with Crippen LogP contribution < -0.4 is 0 Å². The van der Waals surface area contributed by atoms with Gasteiger partial charge >= 0.3 is 6.18 Å². The van der Waals surface area contributed by atoms with Gasteiger partial charge in [-0.2, -0.15) is 13.2 Å². The number of benzene rings is 1. The van der Waals surface area contributed by atoms with Crippen LogP contribution in [0.2, 0.25) is 0 Å². The summed E-state index contributed by atoms with van der Waals surface area (Å²) in [7, 11) is 0. The molecule has 1 aromatic carbocycles. The van der Waals surface area contributed by atoms with E-state index in [1.165, 1.54) is 25.3 Å². The lowest BCUT2D eigenvalue weighted by Gasteiger charge is -2.37. The summed E-state index contributed by atoms with van der Waals surface area (Å²) < 4.78 is 50.7. The number of aliphatic imine (C=N–C) groups is 1. The number of Topliss-reactive ketones (excluding diaryl/α,β-unsaturated/α-hetero) is 1. The van der Waals surface area contributed by atoms with E-state index in [0.717, 1.165) is 63.1 Å². The number of halogens is 4. The van der Waals surface area contributed by atoms with Crippen molar-refractivity contribution in [3.63, 3.8) is 0 Å². The monoisotopic (exact) mass is 515 g/mol. The molecule has 2 saturated carbocycles. The topological polar surface area (TPSA) is 49.7 Å². The SMILES string of the molecule is CC1CCC1.CCC(=O)CC(C)(C)C(F)(F)F.CCCC(C)=Nc1c(C)cc(C2(O)CCC2)cc1F. The summed E-state index contributed by atoms with van der Waals surface area (Å²) in [5.74, 6) is 0.387. The Morgan fingerprint density at radius 1 is 1.14 bits per heavy atom. The quantitative estimate of drug-likeness (QED) is 0.291. The predicted octanol–water partition coefficient (Wildman–Crippen LogP) is 9.15. The number of nitrogens with zero attached hydrogens (tertiary/aromatic N) is 1. The molecular formula is C29H45F4NO2. The van der Waals surface area contributed by atoms with Gasteiger partial charge in [0.15, 0.2) is 0 Å². The molecule has 7 heteroatoms. The fourth-order valence-electron chi connectivity index (χ4n) is 3.89. The maximum atomic E-state index is 14.2. The van der Waals surface area contributed by atoms with Crippen molar-refractivity contribution in [1.82, 2.24) is 0 Å². The lowest BCUT2D eigenvalue weighted by molar-refractivity contribution is -0.213. The van der Waals surface area contributed by atoms with Crippen molar-refractivity contribution in [3.05, 3.63) is 29.1 Å². The largest absolute Gasteiger partial charge is 0.394 e. The van der Waals surface area contributed by atoms with Gasteiger partial charge in [0.2, 0.25) is 0 Å². The number of carbonyl (C=O) groups is 1. The van der Waals surface area contributed by atoms with Crippen molar-refractivity contribution >= 4 is 17.2 Å². The minimum absolute atomic E-state index is 0.166. The van der Waals surface area contributed by atoms with Gasteiger partial charge in [-0.25, -0.2) is 4.39 Å². The van der Waals surface area contributed by atoms with Crippen LogP contribution in [-0.2, 0) is 10.4 Å². The second-order valence-corrected chi connectivity index (χ2v) is 11.1. The van der Waals surface area contributed by atoms with E-state index in [2.05, 4.69) is 18.8 Å². The highest BCUT2D eigenvalue weighted by Gasteiger charge is 2.47. The standard InChI is InChI=1S/C16H22FNO.C8H13F3O.C5H10/c1-4-6-12(3)18-15-11(2)9-13(10-14(15)17)16(19)7-5-8-16;1-4-6(12)5-7(2,3)8(9,10)11;1-5-3-2-4-5/h9-10,19H,4-8H2,1-3H3;4-5H2,1-3H3;5H,2-4H2,1H3. The lowest BCUT2D eigenvalue weighted by atomic mass is 9.75. The van der Waals surface area contributed by atoms with Crippen LogP contribution in [0.1, 0.15) is 117 Å². The third-order valence-electron chi connectivity index (χ3n) is 7.08. The second-order valence-electron chi connectivity index (χ2n) is 11.1. The molecule has 0 aromatic heterocycles. The normalized spacial score (nSPS) is 17.6. The first-order chi connectivity index (χ1) is 16.6. The molecule has 0 heterocycles. The van der Waals surface area contributed by atoms with Crippen LogP contribution in [0.15, 0.2) is 17.1 Å². The molecule has 0 amide bonds. The van der Waals surface area contributed by atoms with E-state index < -0.39 is 23.6 Å². The van der Waals surface area contributed by atoms with Crippen molar-refractivity contribution in [2.24, 2.45) is 16.3 Å². The van der Waals surface area contributed by atoms with Gasteiger partial charge in [-0.1, -0.05) is 66.4 Å². The Morgan fingerprint density at radius 2 is 1.69 bits per heavy atom. The molecule has 1 N–H and O–H groups in total. The van der Waals surface area contributed by atoms with Gasteiger partial charge < -0.3 is 5.11 Å². The Hall–Kier alpha value is -1.76. The maximum Gasteiger partial charge on any atom is 0.394 e. The summed E-state index contributed by atoms with van der Waals surface area (Å²) in [5.41, 5.74) is 0.149. The first kappa shape index (κ1) is 32.3. The van der Waals surface area contributed by atoms with Gasteiger partial charge in [0.1, 0.15) is 17.3 Å². The van der Waals surface area contributed by atoms with Crippen molar-refractivity contribution < 1.29 is 27.5 Å². The minimum atomic E-state index is -4.29. The average Bonchev–Trinajstić information content (AvgIpc) is 2.73. The summed E-state index contributed by atoms with van der Waals surface area (Å²) in [4.78, 5) is 15.1. The molecule has 0 radical (unpaired) electrons. The van der Waals surface area contributed by atoms with Crippen LogP contribution in [-0.4, -0.2) is 22.8 Å².